The summed E-state index contributed by atoms with van der Waals surface area (Å²) in [5, 5.41) is 0. The summed E-state index contributed by atoms with van der Waals surface area (Å²) in [5.74, 6) is 0.0426. The van der Waals surface area contributed by atoms with Crippen molar-refractivity contribution >= 4 is 27.5 Å². The van der Waals surface area contributed by atoms with E-state index in [0.29, 0.717) is 11.3 Å². The molecular weight excluding hydrogens is 280 g/mol. The van der Waals surface area contributed by atoms with Crippen molar-refractivity contribution in [3.63, 3.8) is 0 Å². The van der Waals surface area contributed by atoms with Crippen molar-refractivity contribution in [2.75, 3.05) is 12.3 Å². The molecule has 94 valence electrons. The Morgan fingerprint density at radius 1 is 1.47 bits per heavy atom. The summed E-state index contributed by atoms with van der Waals surface area (Å²) >= 11 is 3.33. The zero-order chi connectivity index (χ0) is 13.0. The Kier molecular flexibility index (Phi) is 5.00. The molecule has 0 radical (unpaired) electrons. The zero-order valence-corrected chi connectivity index (χ0v) is 12.1. The summed E-state index contributed by atoms with van der Waals surface area (Å²) < 4.78 is 0.820. The van der Waals surface area contributed by atoms with E-state index < -0.39 is 0 Å². The normalized spacial score (nSPS) is 10.6. The van der Waals surface area contributed by atoms with Crippen molar-refractivity contribution in [1.29, 1.82) is 0 Å². The highest BCUT2D eigenvalue weighted by molar-refractivity contribution is 9.10. The van der Waals surface area contributed by atoms with Gasteiger partial charge in [-0.15, -0.1) is 0 Å². The van der Waals surface area contributed by atoms with Gasteiger partial charge in [-0.05, 0) is 54.4 Å². The number of nitrogens with zero attached hydrogens (tertiary/aromatic N) is 1. The van der Waals surface area contributed by atoms with E-state index in [1.54, 1.807) is 12.1 Å². The fourth-order valence-electron chi connectivity index (χ4n) is 1.68. The van der Waals surface area contributed by atoms with Gasteiger partial charge in [-0.1, -0.05) is 6.92 Å². The first-order valence-corrected chi connectivity index (χ1v) is 6.62. The molecule has 0 aromatic heterocycles. The van der Waals surface area contributed by atoms with Gasteiger partial charge in [0.25, 0.3) is 5.91 Å². The van der Waals surface area contributed by atoms with Crippen LogP contribution < -0.4 is 5.73 Å². The molecule has 0 aliphatic heterocycles. The smallest absolute Gasteiger partial charge is 0.254 e. The fraction of sp³-hybridized carbons (Fsp3) is 0.462. The molecule has 1 amide bonds. The average Bonchev–Trinajstić information content (AvgIpc) is 2.28. The minimum Gasteiger partial charge on any atom is -0.398 e. The minimum atomic E-state index is 0.0426. The van der Waals surface area contributed by atoms with Crippen LogP contribution in [0.25, 0.3) is 0 Å². The predicted molar refractivity (Wildman–Crippen MR) is 75.0 cm³/mol. The standard InChI is InChI=1S/C13H19BrN2O/c1-4-7-16(9(2)3)13(17)10-5-6-11(14)12(15)8-10/h5-6,8-9H,4,7,15H2,1-3H3. The van der Waals surface area contributed by atoms with Crippen molar-refractivity contribution in [2.24, 2.45) is 0 Å². The highest BCUT2D eigenvalue weighted by atomic mass is 79.9. The zero-order valence-electron chi connectivity index (χ0n) is 10.5. The summed E-state index contributed by atoms with van der Waals surface area (Å²) in [6, 6.07) is 5.53. The Balaban J connectivity index is 2.97. The van der Waals surface area contributed by atoms with Gasteiger partial charge < -0.3 is 10.6 Å². The molecule has 0 saturated heterocycles. The Bertz CT molecular complexity index is 404. The number of rotatable bonds is 4. The number of nitrogens with two attached hydrogens (primary N) is 1. The second kappa shape index (κ2) is 6.05. The molecule has 0 saturated carbocycles. The van der Waals surface area contributed by atoms with Crippen LogP contribution in [0.4, 0.5) is 5.69 Å². The average molecular weight is 299 g/mol. The van der Waals surface area contributed by atoms with E-state index in [9.17, 15) is 4.79 Å². The van der Waals surface area contributed by atoms with E-state index >= 15 is 0 Å². The first-order valence-electron chi connectivity index (χ1n) is 5.83. The van der Waals surface area contributed by atoms with Crippen LogP contribution in [0.5, 0.6) is 0 Å². The molecule has 0 unspecified atom stereocenters. The highest BCUT2D eigenvalue weighted by Gasteiger charge is 2.18. The van der Waals surface area contributed by atoms with Crippen LogP contribution in [0.1, 0.15) is 37.6 Å². The molecule has 0 aliphatic rings. The van der Waals surface area contributed by atoms with E-state index in [-0.39, 0.29) is 11.9 Å². The summed E-state index contributed by atoms with van der Waals surface area (Å²) in [5.41, 5.74) is 7.03. The van der Waals surface area contributed by atoms with Crippen LogP contribution >= 0.6 is 15.9 Å². The molecule has 1 aromatic carbocycles. The topological polar surface area (TPSA) is 46.3 Å². The van der Waals surface area contributed by atoms with Crippen LogP contribution in [0.2, 0.25) is 0 Å². The number of hydrogen-bond acceptors (Lipinski definition) is 2. The summed E-state index contributed by atoms with van der Waals surface area (Å²) in [6.07, 6.45) is 0.954. The second-order valence-electron chi connectivity index (χ2n) is 4.33. The lowest BCUT2D eigenvalue weighted by atomic mass is 10.1. The number of hydrogen-bond donors (Lipinski definition) is 1. The summed E-state index contributed by atoms with van der Waals surface area (Å²) in [7, 11) is 0. The largest absolute Gasteiger partial charge is 0.398 e. The van der Waals surface area contributed by atoms with Crippen molar-refractivity contribution in [3.05, 3.63) is 28.2 Å². The summed E-state index contributed by atoms with van der Waals surface area (Å²) in [4.78, 5) is 14.2. The Hall–Kier alpha value is -1.03. The van der Waals surface area contributed by atoms with Crippen LogP contribution in [0.15, 0.2) is 22.7 Å². The van der Waals surface area contributed by atoms with Gasteiger partial charge >= 0.3 is 0 Å². The van der Waals surface area contributed by atoms with Gasteiger partial charge in [0.15, 0.2) is 0 Å². The lowest BCUT2D eigenvalue weighted by Crippen LogP contribution is -2.37. The van der Waals surface area contributed by atoms with Gasteiger partial charge in [0, 0.05) is 28.3 Å². The third kappa shape index (κ3) is 3.46. The minimum absolute atomic E-state index is 0.0426. The fourth-order valence-corrected chi connectivity index (χ4v) is 1.92. The number of carbonyl (C=O) groups excluding carboxylic acids is 1. The molecule has 0 fully saturated rings. The van der Waals surface area contributed by atoms with E-state index in [4.69, 9.17) is 5.73 Å². The van der Waals surface area contributed by atoms with Gasteiger partial charge in [0.2, 0.25) is 0 Å². The molecule has 0 bridgehead atoms. The first kappa shape index (κ1) is 14.0. The van der Waals surface area contributed by atoms with Gasteiger partial charge in [0.05, 0.1) is 0 Å². The molecule has 0 aliphatic carbocycles. The Labute approximate surface area is 111 Å². The quantitative estimate of drug-likeness (QED) is 0.867. The van der Waals surface area contributed by atoms with Crippen molar-refractivity contribution in [1.82, 2.24) is 4.90 Å². The third-order valence-corrected chi connectivity index (χ3v) is 3.31. The third-order valence-electron chi connectivity index (χ3n) is 2.59. The molecule has 1 aromatic rings. The van der Waals surface area contributed by atoms with Gasteiger partial charge in [-0.2, -0.15) is 0 Å². The van der Waals surface area contributed by atoms with Crippen molar-refractivity contribution in [2.45, 2.75) is 33.2 Å². The lowest BCUT2D eigenvalue weighted by molar-refractivity contribution is 0.0706. The second-order valence-corrected chi connectivity index (χ2v) is 5.18. The molecule has 0 heterocycles. The molecule has 1 rings (SSSR count). The molecule has 4 heteroatoms. The van der Waals surface area contributed by atoms with Gasteiger partial charge in [0.1, 0.15) is 0 Å². The molecular formula is C13H19BrN2O. The highest BCUT2D eigenvalue weighted by Crippen LogP contribution is 2.21. The molecule has 2 N–H and O–H groups in total. The van der Waals surface area contributed by atoms with E-state index in [0.717, 1.165) is 17.4 Å². The van der Waals surface area contributed by atoms with Crippen LogP contribution in [-0.2, 0) is 0 Å². The number of halogens is 1. The Morgan fingerprint density at radius 3 is 2.59 bits per heavy atom. The maximum absolute atomic E-state index is 12.3. The Morgan fingerprint density at radius 2 is 2.12 bits per heavy atom. The predicted octanol–water partition coefficient (Wildman–Crippen LogP) is 3.29. The number of anilines is 1. The van der Waals surface area contributed by atoms with E-state index in [1.165, 1.54) is 0 Å². The molecule has 3 nitrogen and oxygen atoms in total. The van der Waals surface area contributed by atoms with Crippen LogP contribution in [0.3, 0.4) is 0 Å². The van der Waals surface area contributed by atoms with E-state index in [1.807, 2.05) is 24.8 Å². The maximum Gasteiger partial charge on any atom is 0.254 e. The maximum atomic E-state index is 12.3. The SMILES string of the molecule is CCCN(C(=O)c1ccc(Br)c(N)c1)C(C)C. The number of nitrogen functional groups attached to an aromatic ring is 1. The summed E-state index contributed by atoms with van der Waals surface area (Å²) in [6.45, 7) is 6.89. The first-order chi connectivity index (χ1) is 7.97. The monoisotopic (exact) mass is 298 g/mol. The molecule has 0 spiro atoms. The van der Waals surface area contributed by atoms with Gasteiger partial charge in [-0.25, -0.2) is 0 Å². The lowest BCUT2D eigenvalue weighted by Gasteiger charge is -2.26. The number of carbonyl (C=O) groups is 1. The van der Waals surface area contributed by atoms with Crippen molar-refractivity contribution < 1.29 is 4.79 Å². The number of amides is 1. The van der Waals surface area contributed by atoms with Crippen LogP contribution in [-0.4, -0.2) is 23.4 Å². The molecule has 0 atom stereocenters. The van der Waals surface area contributed by atoms with E-state index in [2.05, 4.69) is 22.9 Å². The molecule has 17 heavy (non-hydrogen) atoms. The van der Waals surface area contributed by atoms with Gasteiger partial charge in [-0.3, -0.25) is 4.79 Å². The van der Waals surface area contributed by atoms with Crippen LogP contribution in [0, 0.1) is 0 Å². The van der Waals surface area contributed by atoms with Crippen molar-refractivity contribution in [3.8, 4) is 0 Å². The number of benzene rings is 1.